The Labute approximate surface area is 218 Å². The van der Waals surface area contributed by atoms with Gasteiger partial charge in [-0.2, -0.15) is 0 Å². The normalized spacial score (nSPS) is 13.8. The monoisotopic (exact) mass is 521 g/mol. The highest BCUT2D eigenvalue weighted by Crippen LogP contribution is 2.36. The summed E-state index contributed by atoms with van der Waals surface area (Å²) in [4.78, 5) is 32.4. The minimum Gasteiger partial charge on any atom is -0.487 e. The molecule has 0 saturated carbocycles. The van der Waals surface area contributed by atoms with Gasteiger partial charge in [-0.25, -0.2) is 9.18 Å². The van der Waals surface area contributed by atoms with Crippen LogP contribution in [-0.4, -0.2) is 32.7 Å². The number of benzene rings is 1. The van der Waals surface area contributed by atoms with Crippen molar-refractivity contribution in [3.05, 3.63) is 87.2 Å². The number of amides is 1. The number of aromatic nitrogens is 2. The van der Waals surface area contributed by atoms with Gasteiger partial charge >= 0.3 is 6.09 Å². The van der Waals surface area contributed by atoms with Crippen molar-refractivity contribution in [1.82, 2.24) is 14.5 Å². The summed E-state index contributed by atoms with van der Waals surface area (Å²) in [6.07, 6.45) is 4.28. The van der Waals surface area contributed by atoms with Crippen LogP contribution in [0.15, 0.2) is 59.7 Å². The summed E-state index contributed by atoms with van der Waals surface area (Å²) in [6, 6.07) is 12.0. The van der Waals surface area contributed by atoms with Crippen LogP contribution in [0.25, 0.3) is 15.8 Å². The molecule has 4 heterocycles. The number of halogens is 1. The average Bonchev–Trinajstić information content (AvgIpc) is 3.04. The molecule has 7 nitrogen and oxygen atoms in total. The van der Waals surface area contributed by atoms with E-state index < -0.39 is 11.4 Å². The number of thiophene rings is 1. The highest BCUT2D eigenvalue weighted by atomic mass is 32.1. The minimum atomic E-state index is -0.535. The van der Waals surface area contributed by atoms with Gasteiger partial charge in [0, 0.05) is 28.4 Å². The first-order chi connectivity index (χ1) is 17.7. The van der Waals surface area contributed by atoms with E-state index in [2.05, 4.69) is 11.1 Å². The molecule has 1 aliphatic rings. The van der Waals surface area contributed by atoms with E-state index in [0.29, 0.717) is 24.5 Å². The molecule has 5 rings (SSSR count). The summed E-state index contributed by atoms with van der Waals surface area (Å²) < 4.78 is 26.9. The second-order valence-corrected chi connectivity index (χ2v) is 11.2. The number of aryl methyl sites for hydroxylation is 1. The number of ether oxygens (including phenoxy) is 2. The van der Waals surface area contributed by atoms with Gasteiger partial charge in [0.2, 0.25) is 0 Å². The smallest absolute Gasteiger partial charge is 0.410 e. The van der Waals surface area contributed by atoms with E-state index in [1.54, 1.807) is 39.1 Å². The zero-order valence-corrected chi connectivity index (χ0v) is 21.8. The largest absolute Gasteiger partial charge is 0.487 e. The number of hydrogen-bond acceptors (Lipinski definition) is 6. The Morgan fingerprint density at radius 1 is 1.16 bits per heavy atom. The number of nitrogens with zero attached hydrogens (tertiary/aromatic N) is 3. The average molecular weight is 522 g/mol. The van der Waals surface area contributed by atoms with Crippen LogP contribution in [0, 0.1) is 5.82 Å². The second kappa shape index (κ2) is 9.97. The standard InChI is InChI=1S/C28H28FN3O4S/c1-28(2,3)36-27(34)31-11-4-5-22-23-9-8-20(13-24(23)37-25(22)16-31)32-12-10-21(14-26(32)33)35-17-19-7-6-18(29)15-30-19/h6-10,12-15H,4-5,11,16-17H2,1-3H3. The summed E-state index contributed by atoms with van der Waals surface area (Å²) in [5.41, 5.74) is 1.83. The van der Waals surface area contributed by atoms with Crippen molar-refractivity contribution in [2.45, 2.75) is 52.4 Å². The quantitative estimate of drug-likeness (QED) is 0.337. The first-order valence-electron chi connectivity index (χ1n) is 12.1. The minimum absolute atomic E-state index is 0.136. The van der Waals surface area contributed by atoms with Gasteiger partial charge in [-0.3, -0.25) is 14.3 Å². The maximum atomic E-state index is 13.0. The van der Waals surface area contributed by atoms with Gasteiger partial charge in [0.1, 0.15) is 23.8 Å². The first kappa shape index (κ1) is 25.0. The van der Waals surface area contributed by atoms with E-state index in [1.807, 2.05) is 32.9 Å². The Morgan fingerprint density at radius 2 is 2.00 bits per heavy atom. The molecule has 9 heteroatoms. The van der Waals surface area contributed by atoms with Gasteiger partial charge in [0.05, 0.1) is 24.1 Å². The molecule has 4 aromatic rings. The number of carbonyl (C=O) groups is 1. The molecule has 0 bridgehead atoms. The van der Waals surface area contributed by atoms with Gasteiger partial charge in [-0.15, -0.1) is 11.3 Å². The van der Waals surface area contributed by atoms with Crippen LogP contribution >= 0.6 is 11.3 Å². The molecule has 0 fully saturated rings. The van der Waals surface area contributed by atoms with Crippen molar-refractivity contribution < 1.29 is 18.7 Å². The Kier molecular flexibility index (Phi) is 6.72. The Hall–Kier alpha value is -3.72. The van der Waals surface area contributed by atoms with E-state index in [-0.39, 0.29) is 18.3 Å². The zero-order chi connectivity index (χ0) is 26.2. The highest BCUT2D eigenvalue weighted by Gasteiger charge is 2.26. The molecule has 1 aliphatic heterocycles. The van der Waals surface area contributed by atoms with Crippen molar-refractivity contribution in [1.29, 1.82) is 0 Å². The van der Waals surface area contributed by atoms with Crippen molar-refractivity contribution in [2.24, 2.45) is 0 Å². The predicted octanol–water partition coefficient (Wildman–Crippen LogP) is 5.85. The number of pyridine rings is 2. The molecule has 0 spiro atoms. The Bertz CT molecular complexity index is 1500. The van der Waals surface area contributed by atoms with E-state index in [1.165, 1.54) is 17.7 Å². The van der Waals surface area contributed by atoms with Crippen molar-refractivity contribution >= 4 is 27.5 Å². The third-order valence-electron chi connectivity index (χ3n) is 6.05. The lowest BCUT2D eigenvalue weighted by atomic mass is 10.1. The fourth-order valence-electron chi connectivity index (χ4n) is 4.34. The third kappa shape index (κ3) is 5.67. The number of fused-ring (bicyclic) bond motifs is 3. The van der Waals surface area contributed by atoms with Crippen molar-refractivity contribution in [2.75, 3.05) is 6.54 Å². The number of rotatable bonds is 4. The SMILES string of the molecule is CC(C)(C)OC(=O)N1CCCc2c(sc3cc(-n4ccc(OCc5ccc(F)cn5)cc4=O)ccc23)C1. The fourth-order valence-corrected chi connectivity index (χ4v) is 5.64. The van der Waals surface area contributed by atoms with Crippen LogP contribution in [0.2, 0.25) is 0 Å². The van der Waals surface area contributed by atoms with E-state index >= 15 is 0 Å². The summed E-state index contributed by atoms with van der Waals surface area (Å²) >= 11 is 1.65. The molecule has 0 unspecified atom stereocenters. The van der Waals surface area contributed by atoms with E-state index in [4.69, 9.17) is 9.47 Å². The first-order valence-corrected chi connectivity index (χ1v) is 13.0. The van der Waals surface area contributed by atoms with Gasteiger partial charge in [0.15, 0.2) is 0 Å². The molecule has 3 aromatic heterocycles. The third-order valence-corrected chi connectivity index (χ3v) is 7.23. The van der Waals surface area contributed by atoms with E-state index in [0.717, 1.165) is 39.7 Å². The summed E-state index contributed by atoms with van der Waals surface area (Å²) in [7, 11) is 0. The van der Waals surface area contributed by atoms with Crippen LogP contribution < -0.4 is 10.3 Å². The lowest BCUT2D eigenvalue weighted by molar-refractivity contribution is 0.0238. The summed E-state index contributed by atoms with van der Waals surface area (Å²) in [5.74, 6) is 0.00403. The van der Waals surface area contributed by atoms with Crippen LogP contribution in [-0.2, 0) is 24.3 Å². The maximum Gasteiger partial charge on any atom is 0.410 e. The van der Waals surface area contributed by atoms with Crippen molar-refractivity contribution in [3.63, 3.8) is 0 Å². The molecule has 1 amide bonds. The number of carbonyl (C=O) groups excluding carboxylic acids is 1. The Morgan fingerprint density at radius 3 is 2.73 bits per heavy atom. The van der Waals surface area contributed by atoms with Gasteiger partial charge in [-0.05, 0) is 74.9 Å². The van der Waals surface area contributed by atoms with Crippen molar-refractivity contribution in [3.8, 4) is 11.4 Å². The Balaban J connectivity index is 1.35. The van der Waals surface area contributed by atoms with Gasteiger partial charge in [-0.1, -0.05) is 6.07 Å². The topological polar surface area (TPSA) is 73.7 Å². The van der Waals surface area contributed by atoms with Crippen LogP contribution in [0.4, 0.5) is 9.18 Å². The molecule has 0 N–H and O–H groups in total. The molecule has 0 atom stereocenters. The molecular weight excluding hydrogens is 493 g/mol. The molecular formula is C28H28FN3O4S. The highest BCUT2D eigenvalue weighted by molar-refractivity contribution is 7.19. The molecule has 37 heavy (non-hydrogen) atoms. The predicted molar refractivity (Wildman–Crippen MR) is 141 cm³/mol. The molecule has 0 radical (unpaired) electrons. The zero-order valence-electron chi connectivity index (χ0n) is 21.0. The fraction of sp³-hybridized carbons (Fsp3) is 0.321. The molecule has 1 aromatic carbocycles. The summed E-state index contributed by atoms with van der Waals surface area (Å²) in [5, 5.41) is 1.16. The molecule has 0 aliphatic carbocycles. The van der Waals surface area contributed by atoms with Gasteiger partial charge in [0.25, 0.3) is 5.56 Å². The molecule has 192 valence electrons. The maximum absolute atomic E-state index is 13.0. The van der Waals surface area contributed by atoms with Gasteiger partial charge < -0.3 is 14.4 Å². The van der Waals surface area contributed by atoms with Crippen LogP contribution in [0.5, 0.6) is 5.75 Å². The summed E-state index contributed by atoms with van der Waals surface area (Å²) in [6.45, 7) is 6.94. The molecule has 0 saturated heterocycles. The van der Waals surface area contributed by atoms with Crippen LogP contribution in [0.3, 0.4) is 0 Å². The second-order valence-electron chi connectivity index (χ2n) is 10.0. The lowest BCUT2D eigenvalue weighted by Gasteiger charge is -2.26. The van der Waals surface area contributed by atoms with E-state index in [9.17, 15) is 14.0 Å². The van der Waals surface area contributed by atoms with Crippen LogP contribution in [0.1, 0.15) is 43.3 Å². The lowest BCUT2D eigenvalue weighted by Crippen LogP contribution is -2.36. The number of hydrogen-bond donors (Lipinski definition) is 0.